The number of hydrogen-bond donors (Lipinski definition) is 2. The molecule has 2 heterocycles. The summed E-state index contributed by atoms with van der Waals surface area (Å²) in [4.78, 5) is 6.56. The van der Waals surface area contributed by atoms with Gasteiger partial charge in [-0.1, -0.05) is 0 Å². The van der Waals surface area contributed by atoms with Crippen LogP contribution in [-0.2, 0) is 13.0 Å². The number of ether oxygens (including phenoxy) is 1. The lowest BCUT2D eigenvalue weighted by molar-refractivity contribution is 0.0378. The standard InChI is InChI=1S/C28H33F3N2O3S/c1-36-21-4-5-26-23(15-21)22(19(17-34)16-32-26)3-2-6-28(18-35)7-9-33(10-8-28)11-12-37-27-24(30)13-20(29)14-25(27)31/h4-5,13-16,34-35H,2-3,6-12,17-18H2,1H3. The number of rotatable bonds is 11. The van der Waals surface area contributed by atoms with E-state index in [0.717, 1.165) is 84.7 Å². The van der Waals surface area contributed by atoms with E-state index in [4.69, 9.17) is 4.74 Å². The molecule has 0 spiro atoms. The Morgan fingerprint density at radius 3 is 2.46 bits per heavy atom. The van der Waals surface area contributed by atoms with Gasteiger partial charge in [0, 0.05) is 42.6 Å². The number of aliphatic hydroxyl groups is 2. The zero-order valence-electron chi connectivity index (χ0n) is 21.0. The van der Waals surface area contributed by atoms with Crippen LogP contribution in [0.4, 0.5) is 13.2 Å². The largest absolute Gasteiger partial charge is 0.497 e. The summed E-state index contributed by atoms with van der Waals surface area (Å²) in [5, 5.41) is 21.1. The van der Waals surface area contributed by atoms with Crippen LogP contribution in [0.3, 0.4) is 0 Å². The zero-order valence-corrected chi connectivity index (χ0v) is 21.8. The number of thioether (sulfide) groups is 1. The van der Waals surface area contributed by atoms with Gasteiger partial charge in [-0.05, 0) is 79.9 Å². The molecule has 3 aromatic rings. The van der Waals surface area contributed by atoms with Gasteiger partial charge < -0.3 is 19.8 Å². The topological polar surface area (TPSA) is 65.8 Å². The van der Waals surface area contributed by atoms with Crippen LogP contribution in [0.25, 0.3) is 10.9 Å². The van der Waals surface area contributed by atoms with Crippen molar-refractivity contribution in [2.24, 2.45) is 5.41 Å². The molecule has 37 heavy (non-hydrogen) atoms. The highest BCUT2D eigenvalue weighted by molar-refractivity contribution is 7.99. The lowest BCUT2D eigenvalue weighted by Crippen LogP contribution is -2.42. The van der Waals surface area contributed by atoms with E-state index in [0.29, 0.717) is 24.4 Å². The van der Waals surface area contributed by atoms with Gasteiger partial charge in [0.2, 0.25) is 0 Å². The number of aryl methyl sites for hydroxylation is 1. The second-order valence-corrected chi connectivity index (χ2v) is 10.8. The maximum atomic E-state index is 13.9. The van der Waals surface area contributed by atoms with Crippen LogP contribution in [0.2, 0.25) is 0 Å². The van der Waals surface area contributed by atoms with Gasteiger partial charge in [0.15, 0.2) is 0 Å². The minimum absolute atomic E-state index is 0.0840. The number of nitrogens with zero attached hydrogens (tertiary/aromatic N) is 2. The first-order chi connectivity index (χ1) is 17.9. The van der Waals surface area contributed by atoms with Crippen molar-refractivity contribution in [3.8, 4) is 5.75 Å². The Morgan fingerprint density at radius 2 is 1.81 bits per heavy atom. The molecule has 0 unspecified atom stereocenters. The zero-order chi connectivity index (χ0) is 26.4. The maximum Gasteiger partial charge on any atom is 0.142 e. The molecular formula is C28H33F3N2O3S. The molecule has 2 aromatic carbocycles. The van der Waals surface area contributed by atoms with Crippen molar-refractivity contribution < 1.29 is 28.1 Å². The molecule has 0 radical (unpaired) electrons. The van der Waals surface area contributed by atoms with Gasteiger partial charge in [-0.3, -0.25) is 4.98 Å². The predicted molar refractivity (Wildman–Crippen MR) is 139 cm³/mol. The van der Waals surface area contributed by atoms with E-state index in [1.165, 1.54) is 0 Å². The highest BCUT2D eigenvalue weighted by Crippen LogP contribution is 2.37. The van der Waals surface area contributed by atoms with Crippen molar-refractivity contribution >= 4 is 22.7 Å². The molecule has 0 saturated carbocycles. The second-order valence-electron chi connectivity index (χ2n) is 9.70. The van der Waals surface area contributed by atoms with E-state index in [9.17, 15) is 23.4 Å². The average Bonchev–Trinajstić information content (AvgIpc) is 2.90. The molecule has 1 saturated heterocycles. The van der Waals surface area contributed by atoms with Gasteiger partial charge in [-0.2, -0.15) is 0 Å². The molecule has 1 aliphatic rings. The molecule has 1 fully saturated rings. The quantitative estimate of drug-likeness (QED) is 0.324. The van der Waals surface area contributed by atoms with Crippen LogP contribution < -0.4 is 4.74 Å². The Bertz CT molecular complexity index is 1190. The van der Waals surface area contributed by atoms with E-state index < -0.39 is 17.5 Å². The summed E-state index contributed by atoms with van der Waals surface area (Å²) in [7, 11) is 1.62. The van der Waals surface area contributed by atoms with Crippen molar-refractivity contribution in [3.63, 3.8) is 0 Å². The van der Waals surface area contributed by atoms with Gasteiger partial charge in [-0.15, -0.1) is 11.8 Å². The average molecular weight is 535 g/mol. The first-order valence-electron chi connectivity index (χ1n) is 12.5. The third-order valence-electron chi connectivity index (χ3n) is 7.45. The summed E-state index contributed by atoms with van der Waals surface area (Å²) in [6.45, 7) is 2.28. The molecule has 0 aliphatic carbocycles. The lowest BCUT2D eigenvalue weighted by atomic mass is 9.75. The highest BCUT2D eigenvalue weighted by Gasteiger charge is 2.33. The molecule has 200 valence electrons. The molecule has 1 aromatic heterocycles. The summed E-state index contributed by atoms with van der Waals surface area (Å²) in [5.74, 6) is -1.42. The monoisotopic (exact) mass is 534 g/mol. The number of aliphatic hydroxyl groups excluding tert-OH is 2. The summed E-state index contributed by atoms with van der Waals surface area (Å²) in [6, 6.07) is 7.16. The van der Waals surface area contributed by atoms with Gasteiger partial charge in [0.25, 0.3) is 0 Å². The fourth-order valence-corrected chi connectivity index (χ4v) is 6.10. The molecule has 1 aliphatic heterocycles. The summed E-state index contributed by atoms with van der Waals surface area (Å²) in [5.41, 5.74) is 2.56. The van der Waals surface area contributed by atoms with Gasteiger partial charge in [0.1, 0.15) is 23.2 Å². The summed E-state index contributed by atoms with van der Waals surface area (Å²) in [6.07, 6.45) is 5.89. The van der Waals surface area contributed by atoms with E-state index in [-0.39, 0.29) is 23.5 Å². The smallest absolute Gasteiger partial charge is 0.142 e. The van der Waals surface area contributed by atoms with Crippen molar-refractivity contribution in [3.05, 3.63) is 65.1 Å². The fraction of sp³-hybridized carbons (Fsp3) is 0.464. The third-order valence-corrected chi connectivity index (χ3v) is 8.51. The first kappa shape index (κ1) is 27.7. The number of likely N-dealkylation sites (tertiary alicyclic amines) is 1. The molecule has 9 heteroatoms. The van der Waals surface area contributed by atoms with Crippen molar-refractivity contribution in [2.45, 2.75) is 43.6 Å². The number of pyridine rings is 1. The van der Waals surface area contributed by atoms with Crippen LogP contribution in [0, 0.1) is 22.9 Å². The van der Waals surface area contributed by atoms with Gasteiger partial charge in [-0.25, -0.2) is 13.2 Å². The van der Waals surface area contributed by atoms with Crippen molar-refractivity contribution in [1.82, 2.24) is 9.88 Å². The normalized spacial score (nSPS) is 15.8. The van der Waals surface area contributed by atoms with Crippen LogP contribution in [0.1, 0.15) is 36.8 Å². The Kier molecular flexibility index (Phi) is 9.34. The number of piperidine rings is 1. The van der Waals surface area contributed by atoms with E-state index in [1.54, 1.807) is 13.3 Å². The van der Waals surface area contributed by atoms with Crippen molar-refractivity contribution in [1.29, 1.82) is 0 Å². The Labute approximate surface area is 219 Å². The number of halogens is 3. The number of methoxy groups -OCH3 is 1. The number of aromatic nitrogens is 1. The lowest BCUT2D eigenvalue weighted by Gasteiger charge is -2.41. The number of fused-ring (bicyclic) bond motifs is 1. The van der Waals surface area contributed by atoms with Gasteiger partial charge >= 0.3 is 0 Å². The first-order valence-corrected chi connectivity index (χ1v) is 13.5. The second kappa shape index (κ2) is 12.5. The van der Waals surface area contributed by atoms with Crippen LogP contribution in [-0.4, -0.2) is 59.2 Å². The van der Waals surface area contributed by atoms with E-state index in [2.05, 4.69) is 9.88 Å². The SMILES string of the molecule is COc1ccc2ncc(CO)c(CCCC3(CO)CCN(CCSc4c(F)cc(F)cc4F)CC3)c2c1. The Balaban J connectivity index is 1.32. The minimum atomic E-state index is -0.917. The van der Waals surface area contributed by atoms with Crippen LogP contribution in [0.15, 0.2) is 41.4 Å². The molecule has 0 amide bonds. The Hall–Kier alpha value is -2.33. The molecular weight excluding hydrogens is 501 g/mol. The maximum absolute atomic E-state index is 13.9. The molecule has 2 N–H and O–H groups in total. The molecule has 0 atom stereocenters. The predicted octanol–water partition coefficient (Wildman–Crippen LogP) is 5.34. The van der Waals surface area contributed by atoms with Crippen molar-refractivity contribution in [2.75, 3.05) is 39.1 Å². The Morgan fingerprint density at radius 1 is 1.08 bits per heavy atom. The minimum Gasteiger partial charge on any atom is -0.497 e. The number of hydrogen-bond acceptors (Lipinski definition) is 6. The van der Waals surface area contributed by atoms with E-state index >= 15 is 0 Å². The number of benzene rings is 2. The fourth-order valence-electron chi connectivity index (χ4n) is 5.15. The molecule has 5 nitrogen and oxygen atoms in total. The molecule has 0 bridgehead atoms. The third kappa shape index (κ3) is 6.57. The van der Waals surface area contributed by atoms with Crippen LogP contribution in [0.5, 0.6) is 5.75 Å². The highest BCUT2D eigenvalue weighted by atomic mass is 32.2. The molecule has 4 rings (SSSR count). The van der Waals surface area contributed by atoms with E-state index in [1.807, 2.05) is 18.2 Å². The van der Waals surface area contributed by atoms with Gasteiger partial charge in [0.05, 0.1) is 24.1 Å². The van der Waals surface area contributed by atoms with Crippen LogP contribution >= 0.6 is 11.8 Å². The summed E-state index contributed by atoms with van der Waals surface area (Å²) < 4.78 is 46.2. The summed E-state index contributed by atoms with van der Waals surface area (Å²) >= 11 is 1.06.